The molecule has 1 fully saturated rings. The molecule has 0 aliphatic carbocycles. The zero-order valence-electron chi connectivity index (χ0n) is 18.5. The van der Waals surface area contributed by atoms with Crippen molar-refractivity contribution >= 4 is 22.6 Å². The van der Waals surface area contributed by atoms with Crippen LogP contribution >= 0.6 is 0 Å². The topological polar surface area (TPSA) is 63.0 Å². The number of furan rings is 1. The Bertz CT molecular complexity index is 1040. The van der Waals surface area contributed by atoms with Gasteiger partial charge >= 0.3 is 0 Å². The van der Waals surface area contributed by atoms with Gasteiger partial charge in [0.15, 0.2) is 0 Å². The fourth-order valence-corrected chi connectivity index (χ4v) is 4.17. The third-order valence-electron chi connectivity index (χ3n) is 5.83. The predicted octanol–water partition coefficient (Wildman–Crippen LogP) is 4.49. The second-order valence-electron chi connectivity index (χ2n) is 8.28. The predicted molar refractivity (Wildman–Crippen MR) is 123 cm³/mol. The van der Waals surface area contributed by atoms with E-state index in [1.165, 1.54) is 0 Å². The summed E-state index contributed by atoms with van der Waals surface area (Å²) in [6, 6.07) is 17.3. The van der Waals surface area contributed by atoms with E-state index in [4.69, 9.17) is 9.15 Å². The number of amides is 2. The van der Waals surface area contributed by atoms with Crippen LogP contribution in [0, 0.1) is 0 Å². The van der Waals surface area contributed by atoms with E-state index in [9.17, 15) is 9.59 Å². The Morgan fingerprint density at radius 2 is 1.88 bits per heavy atom. The van der Waals surface area contributed by atoms with Crippen LogP contribution in [0.25, 0.3) is 10.8 Å². The monoisotopic (exact) mass is 434 g/mol. The van der Waals surface area contributed by atoms with E-state index in [2.05, 4.69) is 0 Å². The van der Waals surface area contributed by atoms with E-state index in [1.807, 2.05) is 61.5 Å². The maximum absolute atomic E-state index is 13.3. The lowest BCUT2D eigenvalue weighted by molar-refractivity contribution is -0.134. The van der Waals surface area contributed by atoms with Gasteiger partial charge in [-0.1, -0.05) is 37.3 Å². The zero-order chi connectivity index (χ0) is 22.3. The van der Waals surface area contributed by atoms with Crippen LogP contribution in [0.5, 0.6) is 0 Å². The Hall–Kier alpha value is -3.12. The van der Waals surface area contributed by atoms with Gasteiger partial charge in [-0.15, -0.1) is 0 Å². The van der Waals surface area contributed by atoms with Gasteiger partial charge in [-0.2, -0.15) is 0 Å². The molecule has 2 amide bonds. The molecular formula is C26H30N2O4. The van der Waals surface area contributed by atoms with Crippen LogP contribution < -0.4 is 0 Å². The lowest BCUT2D eigenvalue weighted by Crippen LogP contribution is -2.45. The van der Waals surface area contributed by atoms with Crippen molar-refractivity contribution in [1.82, 2.24) is 9.80 Å². The van der Waals surface area contributed by atoms with Crippen LogP contribution in [0.15, 0.2) is 65.3 Å². The highest BCUT2D eigenvalue weighted by Crippen LogP contribution is 2.19. The fraction of sp³-hybridized carbons (Fsp3) is 0.385. The van der Waals surface area contributed by atoms with Gasteiger partial charge in [-0.3, -0.25) is 9.59 Å². The largest absolute Gasteiger partial charge is 0.467 e. The Morgan fingerprint density at radius 3 is 2.59 bits per heavy atom. The van der Waals surface area contributed by atoms with Gasteiger partial charge in [0.05, 0.1) is 18.9 Å². The van der Waals surface area contributed by atoms with Gasteiger partial charge in [0.2, 0.25) is 5.91 Å². The number of rotatable bonds is 9. The fourth-order valence-electron chi connectivity index (χ4n) is 4.17. The third-order valence-corrected chi connectivity index (χ3v) is 5.83. The first kappa shape index (κ1) is 22.1. The SMILES string of the molecule is CCCN(CC(=O)N(Cc1ccco1)CC1CCCO1)C(=O)c1ccc2ccccc2c1. The number of carbonyl (C=O) groups is 2. The Morgan fingerprint density at radius 1 is 1.03 bits per heavy atom. The second kappa shape index (κ2) is 10.5. The molecule has 6 heteroatoms. The summed E-state index contributed by atoms with van der Waals surface area (Å²) < 4.78 is 11.2. The molecule has 168 valence electrons. The van der Waals surface area contributed by atoms with Crippen molar-refractivity contribution in [2.45, 2.75) is 38.8 Å². The van der Waals surface area contributed by atoms with Crippen LogP contribution in [0.4, 0.5) is 0 Å². The van der Waals surface area contributed by atoms with E-state index in [0.717, 1.165) is 42.4 Å². The minimum atomic E-state index is -0.124. The molecule has 0 N–H and O–H groups in total. The summed E-state index contributed by atoms with van der Waals surface area (Å²) in [6.45, 7) is 4.17. The van der Waals surface area contributed by atoms with Crippen LogP contribution in [0.3, 0.4) is 0 Å². The first-order chi connectivity index (χ1) is 15.6. The van der Waals surface area contributed by atoms with Crippen molar-refractivity contribution in [3.63, 3.8) is 0 Å². The molecule has 1 atom stereocenters. The van der Waals surface area contributed by atoms with E-state index < -0.39 is 0 Å². The molecule has 1 aromatic heterocycles. The number of fused-ring (bicyclic) bond motifs is 1. The molecule has 1 aliphatic heterocycles. The van der Waals surface area contributed by atoms with E-state index in [-0.39, 0.29) is 24.5 Å². The van der Waals surface area contributed by atoms with Gasteiger partial charge in [-0.25, -0.2) is 0 Å². The smallest absolute Gasteiger partial charge is 0.254 e. The number of nitrogens with zero attached hydrogens (tertiary/aromatic N) is 2. The molecule has 0 radical (unpaired) electrons. The van der Waals surface area contributed by atoms with Crippen LogP contribution in [0.2, 0.25) is 0 Å². The average Bonchev–Trinajstić information content (AvgIpc) is 3.52. The Balaban J connectivity index is 1.50. The Kier molecular flexibility index (Phi) is 7.22. The quantitative estimate of drug-likeness (QED) is 0.498. The lowest BCUT2D eigenvalue weighted by Gasteiger charge is -2.28. The minimum absolute atomic E-state index is 0.0322. The summed E-state index contributed by atoms with van der Waals surface area (Å²) in [5.74, 6) is 0.500. The highest BCUT2D eigenvalue weighted by molar-refractivity contribution is 6.00. The van der Waals surface area contributed by atoms with Crippen molar-refractivity contribution in [2.24, 2.45) is 0 Å². The van der Waals surface area contributed by atoms with Crippen molar-refractivity contribution < 1.29 is 18.7 Å². The van der Waals surface area contributed by atoms with Gasteiger partial charge in [0.1, 0.15) is 12.3 Å². The van der Waals surface area contributed by atoms with Gasteiger partial charge in [-0.05, 0) is 54.3 Å². The molecule has 2 heterocycles. The maximum atomic E-state index is 13.3. The zero-order valence-corrected chi connectivity index (χ0v) is 18.5. The van der Waals surface area contributed by atoms with Crippen molar-refractivity contribution in [3.05, 3.63) is 72.2 Å². The van der Waals surface area contributed by atoms with E-state index >= 15 is 0 Å². The van der Waals surface area contributed by atoms with E-state index in [1.54, 1.807) is 16.1 Å². The maximum Gasteiger partial charge on any atom is 0.254 e. The first-order valence-electron chi connectivity index (χ1n) is 11.3. The van der Waals surface area contributed by atoms with Crippen LogP contribution in [-0.4, -0.2) is 54.0 Å². The Labute approximate surface area is 188 Å². The summed E-state index contributed by atoms with van der Waals surface area (Å²) >= 11 is 0. The van der Waals surface area contributed by atoms with E-state index in [0.29, 0.717) is 25.2 Å². The molecule has 32 heavy (non-hydrogen) atoms. The normalized spacial score (nSPS) is 15.7. The average molecular weight is 435 g/mol. The molecule has 0 spiro atoms. The number of hydrogen-bond acceptors (Lipinski definition) is 4. The molecule has 3 aromatic rings. The number of carbonyl (C=O) groups excluding carboxylic acids is 2. The molecule has 1 saturated heterocycles. The lowest BCUT2D eigenvalue weighted by atomic mass is 10.1. The standard InChI is InChI=1S/C26H30N2O4/c1-2-13-27(26(30)22-12-11-20-7-3-4-8-21(20)16-22)19-25(29)28(17-23-9-5-14-31-23)18-24-10-6-15-32-24/h3-5,7-9,11-12,14,16,24H,2,6,10,13,15,17-19H2,1H3. The molecule has 6 nitrogen and oxygen atoms in total. The molecule has 0 saturated carbocycles. The summed E-state index contributed by atoms with van der Waals surface area (Å²) in [7, 11) is 0. The van der Waals surface area contributed by atoms with Gasteiger partial charge in [0.25, 0.3) is 5.91 Å². The minimum Gasteiger partial charge on any atom is -0.467 e. The summed E-state index contributed by atoms with van der Waals surface area (Å²) in [5, 5.41) is 2.10. The first-order valence-corrected chi connectivity index (χ1v) is 11.3. The van der Waals surface area contributed by atoms with Crippen LogP contribution in [0.1, 0.15) is 42.3 Å². The van der Waals surface area contributed by atoms with Crippen molar-refractivity contribution in [1.29, 1.82) is 0 Å². The summed E-state index contributed by atoms with van der Waals surface area (Å²) in [6.07, 6.45) is 4.37. The summed E-state index contributed by atoms with van der Waals surface area (Å²) in [4.78, 5) is 30.0. The molecule has 0 bridgehead atoms. The molecule has 1 aliphatic rings. The summed E-state index contributed by atoms with van der Waals surface area (Å²) in [5.41, 5.74) is 0.599. The van der Waals surface area contributed by atoms with Gasteiger partial charge < -0.3 is 19.0 Å². The van der Waals surface area contributed by atoms with Crippen molar-refractivity contribution in [2.75, 3.05) is 26.2 Å². The molecule has 4 rings (SSSR count). The van der Waals surface area contributed by atoms with Gasteiger partial charge in [0, 0.05) is 25.3 Å². The third kappa shape index (κ3) is 5.37. The molecular weight excluding hydrogens is 404 g/mol. The number of hydrogen-bond donors (Lipinski definition) is 0. The molecule has 2 aromatic carbocycles. The van der Waals surface area contributed by atoms with Crippen molar-refractivity contribution in [3.8, 4) is 0 Å². The second-order valence-corrected chi connectivity index (χ2v) is 8.28. The van der Waals surface area contributed by atoms with Crippen LogP contribution in [-0.2, 0) is 16.1 Å². The number of benzene rings is 2. The number of ether oxygens (including phenoxy) is 1. The highest BCUT2D eigenvalue weighted by Gasteiger charge is 2.26. The highest BCUT2D eigenvalue weighted by atomic mass is 16.5. The molecule has 1 unspecified atom stereocenters.